The highest BCUT2D eigenvalue weighted by Gasteiger charge is 2.40. The predicted molar refractivity (Wildman–Crippen MR) is 138 cm³/mol. The fourth-order valence-electron chi connectivity index (χ4n) is 4.05. The molecule has 1 heterocycles. The van der Waals surface area contributed by atoms with Crippen molar-refractivity contribution in [1.82, 2.24) is 9.62 Å². The molecule has 0 radical (unpaired) electrons. The average Bonchev–Trinajstić information content (AvgIpc) is 3.40. The lowest BCUT2D eigenvalue weighted by Gasteiger charge is -2.26. The zero-order valence-electron chi connectivity index (χ0n) is 19.3. The number of benzene rings is 3. The maximum Gasteiger partial charge on any atom is 0.249 e. The molecule has 2 unspecified atom stereocenters. The second-order valence-corrected chi connectivity index (χ2v) is 11.2. The van der Waals surface area contributed by atoms with Crippen LogP contribution < -0.4 is 10.1 Å². The molecule has 1 aliphatic rings. The minimum absolute atomic E-state index is 0.129. The van der Waals surface area contributed by atoms with E-state index in [2.05, 4.69) is 5.32 Å². The number of carbonyl (C=O) groups is 1. The van der Waals surface area contributed by atoms with Crippen molar-refractivity contribution >= 4 is 27.7 Å². The van der Waals surface area contributed by atoms with Gasteiger partial charge in [0.2, 0.25) is 15.9 Å². The van der Waals surface area contributed by atoms with Gasteiger partial charge < -0.3 is 15.2 Å². The van der Waals surface area contributed by atoms with Gasteiger partial charge in [-0.05, 0) is 47.4 Å². The number of methoxy groups -OCH3 is 1. The third kappa shape index (κ3) is 5.70. The van der Waals surface area contributed by atoms with Gasteiger partial charge in [-0.25, -0.2) is 8.42 Å². The Morgan fingerprint density at radius 2 is 1.80 bits per heavy atom. The van der Waals surface area contributed by atoms with Gasteiger partial charge in [-0.1, -0.05) is 54.6 Å². The minimum Gasteiger partial charge on any atom is -0.497 e. The van der Waals surface area contributed by atoms with Crippen molar-refractivity contribution in [1.29, 1.82) is 0 Å². The zero-order valence-corrected chi connectivity index (χ0v) is 21.0. The van der Waals surface area contributed by atoms with E-state index in [1.807, 2.05) is 42.5 Å². The Labute approximate surface area is 210 Å². The van der Waals surface area contributed by atoms with Gasteiger partial charge in [-0.3, -0.25) is 4.79 Å². The highest BCUT2D eigenvalue weighted by atomic mass is 32.2. The van der Waals surface area contributed by atoms with E-state index in [0.29, 0.717) is 17.9 Å². The molecule has 0 aliphatic carbocycles. The smallest absolute Gasteiger partial charge is 0.249 e. The normalized spacial score (nSPS) is 17.1. The lowest BCUT2D eigenvalue weighted by molar-refractivity contribution is -0.123. The highest BCUT2D eigenvalue weighted by Crippen LogP contribution is 2.32. The lowest BCUT2D eigenvalue weighted by Crippen LogP contribution is -2.45. The van der Waals surface area contributed by atoms with E-state index >= 15 is 0 Å². The van der Waals surface area contributed by atoms with E-state index in [1.54, 1.807) is 43.5 Å². The Kier molecular flexibility index (Phi) is 8.12. The summed E-state index contributed by atoms with van der Waals surface area (Å²) in [5, 5.41) is 11.6. The van der Waals surface area contributed by atoms with Crippen LogP contribution in [0.2, 0.25) is 0 Å². The van der Waals surface area contributed by atoms with Crippen LogP contribution in [0.1, 0.15) is 18.0 Å². The molecule has 4 rings (SSSR count). The van der Waals surface area contributed by atoms with Crippen LogP contribution in [0.4, 0.5) is 0 Å². The van der Waals surface area contributed by atoms with Crippen LogP contribution >= 0.6 is 11.8 Å². The summed E-state index contributed by atoms with van der Waals surface area (Å²) in [6.07, 6.45) is 0.296. The van der Waals surface area contributed by atoms with Crippen LogP contribution in [0.25, 0.3) is 11.1 Å². The van der Waals surface area contributed by atoms with E-state index in [-0.39, 0.29) is 18.0 Å². The average molecular weight is 513 g/mol. The van der Waals surface area contributed by atoms with Gasteiger partial charge in [0.05, 0.1) is 18.0 Å². The molecule has 0 spiro atoms. The first-order valence-electron chi connectivity index (χ1n) is 11.3. The Morgan fingerprint density at radius 3 is 2.49 bits per heavy atom. The first kappa shape index (κ1) is 25.2. The van der Waals surface area contributed by atoms with Crippen molar-refractivity contribution in [3.63, 3.8) is 0 Å². The van der Waals surface area contributed by atoms with Crippen LogP contribution in [0.3, 0.4) is 0 Å². The van der Waals surface area contributed by atoms with Gasteiger partial charge in [-0.2, -0.15) is 4.31 Å². The van der Waals surface area contributed by atoms with Crippen LogP contribution in [0.15, 0.2) is 83.8 Å². The molecule has 7 nitrogen and oxygen atoms in total. The van der Waals surface area contributed by atoms with Gasteiger partial charge >= 0.3 is 0 Å². The number of ether oxygens (including phenoxy) is 1. The molecule has 9 heteroatoms. The quantitative estimate of drug-likeness (QED) is 0.454. The van der Waals surface area contributed by atoms with Gasteiger partial charge in [0, 0.05) is 18.9 Å². The molecule has 1 fully saturated rings. The van der Waals surface area contributed by atoms with Crippen molar-refractivity contribution in [2.45, 2.75) is 22.7 Å². The number of hydrogen-bond donors (Lipinski definition) is 2. The Balaban J connectivity index is 1.52. The number of aliphatic hydroxyl groups excluding tert-OH is 1. The maximum absolute atomic E-state index is 13.4. The number of carbonyl (C=O) groups excluding carboxylic acids is 1. The van der Waals surface area contributed by atoms with E-state index in [9.17, 15) is 18.3 Å². The first-order valence-corrected chi connectivity index (χ1v) is 13.8. The van der Waals surface area contributed by atoms with Crippen molar-refractivity contribution in [3.8, 4) is 16.9 Å². The van der Waals surface area contributed by atoms with Crippen molar-refractivity contribution in [2.24, 2.45) is 0 Å². The zero-order chi connectivity index (χ0) is 24.8. The minimum atomic E-state index is -3.87. The topological polar surface area (TPSA) is 95.9 Å². The molecule has 0 saturated carbocycles. The fourth-order valence-corrected chi connectivity index (χ4v) is 7.13. The molecule has 1 aliphatic heterocycles. The Hall–Kier alpha value is -2.85. The Morgan fingerprint density at radius 1 is 1.09 bits per heavy atom. The van der Waals surface area contributed by atoms with Gasteiger partial charge in [0.15, 0.2) is 0 Å². The van der Waals surface area contributed by atoms with Crippen LogP contribution in [0.5, 0.6) is 5.75 Å². The van der Waals surface area contributed by atoms with Gasteiger partial charge in [0.25, 0.3) is 0 Å². The SMILES string of the molecule is COc1cccc(C(CCO)NC(=O)C2SCCN2S(=O)(=O)c2ccc(-c3ccccc3)cc2)c1. The van der Waals surface area contributed by atoms with E-state index in [4.69, 9.17) is 4.74 Å². The molecule has 1 amide bonds. The van der Waals surface area contributed by atoms with E-state index in [0.717, 1.165) is 16.7 Å². The highest BCUT2D eigenvalue weighted by molar-refractivity contribution is 8.02. The van der Waals surface area contributed by atoms with Gasteiger partial charge in [0.1, 0.15) is 11.1 Å². The summed E-state index contributed by atoms with van der Waals surface area (Å²) in [6.45, 7) is 0.116. The largest absolute Gasteiger partial charge is 0.497 e. The molecular formula is C26H28N2O5S2. The summed E-state index contributed by atoms with van der Waals surface area (Å²) in [7, 11) is -2.31. The van der Waals surface area contributed by atoms with Crippen LogP contribution in [0, 0.1) is 0 Å². The summed E-state index contributed by atoms with van der Waals surface area (Å²) < 4.78 is 33.4. The van der Waals surface area contributed by atoms with Crippen molar-refractivity contribution in [2.75, 3.05) is 26.0 Å². The summed E-state index contributed by atoms with van der Waals surface area (Å²) >= 11 is 1.29. The fraction of sp³-hybridized carbons (Fsp3) is 0.269. The number of aliphatic hydroxyl groups is 1. The molecule has 3 aromatic carbocycles. The second-order valence-electron chi connectivity index (χ2n) is 8.08. The van der Waals surface area contributed by atoms with Gasteiger partial charge in [-0.15, -0.1) is 11.8 Å². The molecular weight excluding hydrogens is 484 g/mol. The first-order chi connectivity index (χ1) is 16.9. The standard InChI is InChI=1S/C26H28N2O5S2/c1-33-22-9-5-8-21(18-22)24(14-16-29)27-25(30)26-28(15-17-34-26)35(31,32)23-12-10-20(11-13-23)19-6-3-2-4-7-19/h2-13,18,24,26,29H,14-17H2,1H3,(H,27,30). The number of thioether (sulfide) groups is 1. The molecule has 184 valence electrons. The molecule has 0 aromatic heterocycles. The number of nitrogens with zero attached hydrogens (tertiary/aromatic N) is 1. The number of sulfonamides is 1. The number of amides is 1. The number of hydrogen-bond acceptors (Lipinski definition) is 6. The molecule has 2 N–H and O–H groups in total. The molecule has 0 bridgehead atoms. The summed E-state index contributed by atoms with van der Waals surface area (Å²) in [6, 6.07) is 23.2. The summed E-state index contributed by atoms with van der Waals surface area (Å²) in [5.41, 5.74) is 2.69. The number of rotatable bonds is 9. The molecule has 3 aromatic rings. The van der Waals surface area contributed by atoms with E-state index in [1.165, 1.54) is 16.1 Å². The molecule has 1 saturated heterocycles. The second kappa shape index (κ2) is 11.3. The predicted octanol–water partition coefficient (Wildman–Crippen LogP) is 3.67. The van der Waals surface area contributed by atoms with Crippen molar-refractivity contribution < 1.29 is 23.1 Å². The summed E-state index contributed by atoms with van der Waals surface area (Å²) in [5.74, 6) is 0.750. The van der Waals surface area contributed by atoms with Crippen LogP contribution in [-0.2, 0) is 14.8 Å². The molecule has 35 heavy (non-hydrogen) atoms. The monoisotopic (exact) mass is 512 g/mol. The Bertz CT molecular complexity index is 1250. The third-order valence-corrected chi connectivity index (χ3v) is 9.09. The summed E-state index contributed by atoms with van der Waals surface area (Å²) in [4.78, 5) is 13.4. The molecule has 2 atom stereocenters. The maximum atomic E-state index is 13.4. The lowest BCUT2D eigenvalue weighted by atomic mass is 10.0. The van der Waals surface area contributed by atoms with Crippen LogP contribution in [-0.4, -0.2) is 55.1 Å². The van der Waals surface area contributed by atoms with E-state index < -0.39 is 27.3 Å². The number of nitrogens with one attached hydrogen (secondary N) is 1. The van der Waals surface area contributed by atoms with Crippen molar-refractivity contribution in [3.05, 3.63) is 84.4 Å². The third-order valence-electron chi connectivity index (χ3n) is 5.87.